The molecule has 0 bridgehead atoms. The SMILES string of the molecule is Cc1ccccc1C1(O)C[CH]C1. The summed E-state index contributed by atoms with van der Waals surface area (Å²) in [6.07, 6.45) is 3.72. The quantitative estimate of drug-likeness (QED) is 0.669. The van der Waals surface area contributed by atoms with Crippen LogP contribution in [0.4, 0.5) is 0 Å². The van der Waals surface area contributed by atoms with E-state index >= 15 is 0 Å². The summed E-state index contributed by atoms with van der Waals surface area (Å²) in [5.41, 5.74) is 1.73. The van der Waals surface area contributed by atoms with Crippen molar-refractivity contribution >= 4 is 0 Å². The molecular formula is C11H13O. The highest BCUT2D eigenvalue weighted by molar-refractivity contribution is 5.34. The predicted octanol–water partition coefficient (Wildman–Crippen LogP) is 2.18. The fourth-order valence-corrected chi connectivity index (χ4v) is 1.73. The minimum atomic E-state index is -0.550. The van der Waals surface area contributed by atoms with Crippen LogP contribution in [-0.4, -0.2) is 5.11 Å². The number of hydrogen-bond acceptors (Lipinski definition) is 1. The lowest BCUT2D eigenvalue weighted by Gasteiger charge is -2.37. The van der Waals surface area contributed by atoms with Crippen LogP contribution in [0.1, 0.15) is 24.0 Å². The molecule has 1 aromatic rings. The van der Waals surface area contributed by atoms with Gasteiger partial charge in [0, 0.05) is 0 Å². The van der Waals surface area contributed by atoms with E-state index in [0.29, 0.717) is 0 Å². The van der Waals surface area contributed by atoms with Gasteiger partial charge in [-0.2, -0.15) is 0 Å². The lowest BCUT2D eigenvalue weighted by molar-refractivity contribution is -0.00629. The van der Waals surface area contributed by atoms with E-state index in [1.165, 1.54) is 5.56 Å². The van der Waals surface area contributed by atoms with Gasteiger partial charge >= 0.3 is 0 Å². The van der Waals surface area contributed by atoms with Crippen LogP contribution in [-0.2, 0) is 5.60 Å². The van der Waals surface area contributed by atoms with Crippen LogP contribution < -0.4 is 0 Å². The fraction of sp³-hybridized carbons (Fsp3) is 0.364. The molecule has 1 N–H and O–H groups in total. The molecule has 1 aromatic carbocycles. The number of aryl methyl sites for hydroxylation is 1. The monoisotopic (exact) mass is 161 g/mol. The molecule has 0 heterocycles. The van der Waals surface area contributed by atoms with E-state index in [2.05, 4.69) is 6.42 Å². The van der Waals surface area contributed by atoms with Gasteiger partial charge in [-0.3, -0.25) is 0 Å². The first-order valence-electron chi connectivity index (χ1n) is 4.32. The maximum Gasteiger partial charge on any atom is 0.0904 e. The maximum atomic E-state index is 10.0. The molecule has 1 saturated carbocycles. The standard InChI is InChI=1S/C11H13O/c1-9-5-2-3-6-10(9)11(12)7-4-8-11/h2-6,12H,7-8H2,1H3. The third kappa shape index (κ3) is 1.05. The highest BCUT2D eigenvalue weighted by Gasteiger charge is 2.37. The first-order chi connectivity index (χ1) is 5.72. The van der Waals surface area contributed by atoms with Gasteiger partial charge in [-0.05, 0) is 37.3 Å². The number of aliphatic hydroxyl groups is 1. The molecule has 63 valence electrons. The molecule has 0 aliphatic heterocycles. The molecule has 1 aliphatic carbocycles. The van der Waals surface area contributed by atoms with Crippen molar-refractivity contribution in [3.63, 3.8) is 0 Å². The van der Waals surface area contributed by atoms with Crippen LogP contribution in [0.25, 0.3) is 0 Å². The molecule has 0 unspecified atom stereocenters. The summed E-state index contributed by atoms with van der Waals surface area (Å²) in [4.78, 5) is 0. The van der Waals surface area contributed by atoms with Crippen molar-refractivity contribution in [1.29, 1.82) is 0 Å². The zero-order valence-corrected chi connectivity index (χ0v) is 7.25. The van der Waals surface area contributed by atoms with Gasteiger partial charge in [0.05, 0.1) is 5.60 Å². The maximum absolute atomic E-state index is 10.0. The zero-order chi connectivity index (χ0) is 8.60. The Morgan fingerprint density at radius 3 is 2.42 bits per heavy atom. The summed E-state index contributed by atoms with van der Waals surface area (Å²) in [6, 6.07) is 8.05. The molecule has 12 heavy (non-hydrogen) atoms. The number of rotatable bonds is 1. The van der Waals surface area contributed by atoms with Crippen molar-refractivity contribution in [3.8, 4) is 0 Å². The average Bonchev–Trinajstić information content (AvgIpc) is 2.01. The number of hydrogen-bond donors (Lipinski definition) is 1. The van der Waals surface area contributed by atoms with Gasteiger partial charge in [0.1, 0.15) is 0 Å². The Hall–Kier alpha value is -0.820. The van der Waals surface area contributed by atoms with Crippen LogP contribution in [0, 0.1) is 13.3 Å². The Morgan fingerprint density at radius 1 is 1.25 bits per heavy atom. The van der Waals surface area contributed by atoms with E-state index in [1.807, 2.05) is 31.2 Å². The van der Waals surface area contributed by atoms with Crippen molar-refractivity contribution in [1.82, 2.24) is 0 Å². The van der Waals surface area contributed by atoms with Gasteiger partial charge < -0.3 is 5.11 Å². The molecule has 1 radical (unpaired) electrons. The second kappa shape index (κ2) is 2.60. The third-order valence-corrected chi connectivity index (χ3v) is 2.61. The lowest BCUT2D eigenvalue weighted by atomic mass is 9.74. The fourth-order valence-electron chi connectivity index (χ4n) is 1.73. The highest BCUT2D eigenvalue weighted by atomic mass is 16.3. The topological polar surface area (TPSA) is 20.2 Å². The molecule has 0 saturated heterocycles. The Labute approximate surface area is 73.0 Å². The minimum absolute atomic E-state index is 0.550. The molecule has 0 aromatic heterocycles. The predicted molar refractivity (Wildman–Crippen MR) is 48.6 cm³/mol. The van der Waals surface area contributed by atoms with Crippen LogP contribution in [0.5, 0.6) is 0 Å². The third-order valence-electron chi connectivity index (χ3n) is 2.61. The summed E-state index contributed by atoms with van der Waals surface area (Å²) < 4.78 is 0. The van der Waals surface area contributed by atoms with Crippen molar-refractivity contribution < 1.29 is 5.11 Å². The van der Waals surface area contributed by atoms with Crippen LogP contribution in [0.3, 0.4) is 0 Å². The molecule has 1 fully saturated rings. The van der Waals surface area contributed by atoms with Gasteiger partial charge in [0.15, 0.2) is 0 Å². The minimum Gasteiger partial charge on any atom is -0.385 e. The zero-order valence-electron chi connectivity index (χ0n) is 7.25. The van der Waals surface area contributed by atoms with E-state index in [9.17, 15) is 5.11 Å². The Morgan fingerprint density at radius 2 is 1.92 bits per heavy atom. The largest absolute Gasteiger partial charge is 0.385 e. The molecule has 0 amide bonds. The second-order valence-corrected chi connectivity index (χ2v) is 3.54. The van der Waals surface area contributed by atoms with Crippen LogP contribution in [0.15, 0.2) is 24.3 Å². The van der Waals surface area contributed by atoms with Crippen molar-refractivity contribution in [2.45, 2.75) is 25.4 Å². The molecule has 1 aliphatic rings. The smallest absolute Gasteiger partial charge is 0.0904 e. The van der Waals surface area contributed by atoms with Crippen molar-refractivity contribution in [3.05, 3.63) is 41.8 Å². The summed E-state index contributed by atoms with van der Waals surface area (Å²) in [7, 11) is 0. The second-order valence-electron chi connectivity index (χ2n) is 3.54. The van der Waals surface area contributed by atoms with E-state index < -0.39 is 5.60 Å². The summed E-state index contributed by atoms with van der Waals surface area (Å²) in [6.45, 7) is 2.05. The molecule has 1 nitrogen and oxygen atoms in total. The lowest BCUT2D eigenvalue weighted by Crippen LogP contribution is -2.34. The van der Waals surface area contributed by atoms with Crippen molar-refractivity contribution in [2.75, 3.05) is 0 Å². The van der Waals surface area contributed by atoms with Gasteiger partial charge in [0.2, 0.25) is 0 Å². The van der Waals surface area contributed by atoms with Gasteiger partial charge in [-0.25, -0.2) is 0 Å². The molecule has 0 atom stereocenters. The van der Waals surface area contributed by atoms with Gasteiger partial charge in [-0.15, -0.1) is 0 Å². The molecule has 1 heteroatoms. The van der Waals surface area contributed by atoms with E-state index in [0.717, 1.165) is 18.4 Å². The highest BCUT2D eigenvalue weighted by Crippen LogP contribution is 2.41. The normalized spacial score (nSPS) is 20.2. The van der Waals surface area contributed by atoms with E-state index in [4.69, 9.17) is 0 Å². The molecule has 2 rings (SSSR count). The summed E-state index contributed by atoms with van der Waals surface area (Å²) in [5.74, 6) is 0. The Bertz CT molecular complexity index is 287. The van der Waals surface area contributed by atoms with Crippen LogP contribution in [0.2, 0.25) is 0 Å². The Kier molecular flexibility index (Phi) is 1.69. The first-order valence-corrected chi connectivity index (χ1v) is 4.32. The number of benzene rings is 1. The summed E-state index contributed by atoms with van der Waals surface area (Å²) >= 11 is 0. The van der Waals surface area contributed by atoms with E-state index in [1.54, 1.807) is 0 Å². The van der Waals surface area contributed by atoms with Crippen molar-refractivity contribution in [2.24, 2.45) is 0 Å². The average molecular weight is 161 g/mol. The molecule has 0 spiro atoms. The van der Waals surface area contributed by atoms with Crippen LogP contribution >= 0.6 is 0 Å². The van der Waals surface area contributed by atoms with E-state index in [-0.39, 0.29) is 0 Å². The molecular weight excluding hydrogens is 148 g/mol. The Balaban J connectivity index is 2.39. The first kappa shape index (κ1) is 7.81. The van der Waals surface area contributed by atoms with Gasteiger partial charge in [-0.1, -0.05) is 24.3 Å². The summed E-state index contributed by atoms with van der Waals surface area (Å²) in [5, 5.41) is 10.0. The van der Waals surface area contributed by atoms with Gasteiger partial charge in [0.25, 0.3) is 0 Å².